The standard InChI is InChI=1S/C22H18ClF3N2O2/c23-17-5-2-6-18(11-17)28-12-15(21(30)27-8-7-19(29)13-27)10-20(28)14-3-1-4-16(9-14)22(24,25)26/h1-6,9-12,19,29H,7-8,13H2. The minimum atomic E-state index is -4.48. The van der Waals surface area contributed by atoms with E-state index in [2.05, 4.69) is 0 Å². The molecule has 1 aromatic heterocycles. The highest BCUT2D eigenvalue weighted by atomic mass is 35.5. The van der Waals surface area contributed by atoms with E-state index in [-0.39, 0.29) is 12.5 Å². The summed E-state index contributed by atoms with van der Waals surface area (Å²) in [5.41, 5.74) is 0.943. The van der Waals surface area contributed by atoms with Gasteiger partial charge in [0, 0.05) is 30.0 Å². The molecule has 156 valence electrons. The van der Waals surface area contributed by atoms with Crippen molar-refractivity contribution in [2.24, 2.45) is 0 Å². The second-order valence-corrected chi connectivity index (χ2v) is 7.67. The fourth-order valence-electron chi connectivity index (χ4n) is 3.61. The first-order chi connectivity index (χ1) is 14.2. The molecule has 1 unspecified atom stereocenters. The highest BCUT2D eigenvalue weighted by molar-refractivity contribution is 6.30. The normalized spacial score (nSPS) is 16.8. The first kappa shape index (κ1) is 20.5. The molecule has 1 aliphatic rings. The van der Waals surface area contributed by atoms with Crippen LogP contribution in [0, 0.1) is 0 Å². The van der Waals surface area contributed by atoms with Gasteiger partial charge in [0.05, 0.1) is 22.9 Å². The maximum Gasteiger partial charge on any atom is 0.416 e. The van der Waals surface area contributed by atoms with Crippen LogP contribution in [-0.2, 0) is 6.18 Å². The minimum absolute atomic E-state index is 0.236. The lowest BCUT2D eigenvalue weighted by Crippen LogP contribution is -2.29. The van der Waals surface area contributed by atoms with Crippen LogP contribution in [0.25, 0.3) is 16.9 Å². The average molecular weight is 435 g/mol. The Balaban J connectivity index is 1.82. The van der Waals surface area contributed by atoms with E-state index in [0.29, 0.717) is 40.5 Å². The van der Waals surface area contributed by atoms with Crippen molar-refractivity contribution in [3.8, 4) is 16.9 Å². The topological polar surface area (TPSA) is 45.5 Å². The van der Waals surface area contributed by atoms with Gasteiger partial charge in [-0.1, -0.05) is 29.8 Å². The number of amides is 1. The molecule has 1 saturated heterocycles. The lowest BCUT2D eigenvalue weighted by molar-refractivity contribution is -0.137. The van der Waals surface area contributed by atoms with Crippen molar-refractivity contribution >= 4 is 17.5 Å². The second kappa shape index (κ2) is 7.81. The first-order valence-electron chi connectivity index (χ1n) is 9.35. The van der Waals surface area contributed by atoms with E-state index < -0.39 is 17.8 Å². The molecule has 4 rings (SSSR count). The Bertz CT molecular complexity index is 1090. The molecular formula is C22H18ClF3N2O2. The molecule has 0 radical (unpaired) electrons. The number of carbonyl (C=O) groups is 1. The zero-order chi connectivity index (χ0) is 21.5. The van der Waals surface area contributed by atoms with Crippen molar-refractivity contribution in [2.45, 2.75) is 18.7 Å². The third kappa shape index (κ3) is 4.08. The third-order valence-corrected chi connectivity index (χ3v) is 5.32. The number of nitrogens with zero attached hydrogens (tertiary/aromatic N) is 2. The number of hydrogen-bond donors (Lipinski definition) is 1. The summed E-state index contributed by atoms with van der Waals surface area (Å²) in [4.78, 5) is 14.4. The van der Waals surface area contributed by atoms with Crippen LogP contribution < -0.4 is 0 Å². The Hall–Kier alpha value is -2.77. The van der Waals surface area contributed by atoms with Crippen LogP contribution in [0.3, 0.4) is 0 Å². The average Bonchev–Trinajstić information content (AvgIpc) is 3.34. The van der Waals surface area contributed by atoms with Gasteiger partial charge in [-0.3, -0.25) is 4.79 Å². The fourth-order valence-corrected chi connectivity index (χ4v) is 3.79. The van der Waals surface area contributed by atoms with E-state index in [9.17, 15) is 23.1 Å². The van der Waals surface area contributed by atoms with Gasteiger partial charge in [0.15, 0.2) is 0 Å². The number of rotatable bonds is 3. The van der Waals surface area contributed by atoms with Gasteiger partial charge in [-0.15, -0.1) is 0 Å². The summed E-state index contributed by atoms with van der Waals surface area (Å²) in [6, 6.07) is 13.4. The van der Waals surface area contributed by atoms with Crippen molar-refractivity contribution in [3.63, 3.8) is 0 Å². The maximum absolute atomic E-state index is 13.2. The van der Waals surface area contributed by atoms with E-state index in [1.54, 1.807) is 47.2 Å². The molecule has 8 heteroatoms. The molecule has 30 heavy (non-hydrogen) atoms. The summed E-state index contributed by atoms with van der Waals surface area (Å²) in [6.45, 7) is 0.668. The van der Waals surface area contributed by atoms with Gasteiger partial charge in [-0.2, -0.15) is 13.2 Å². The molecular weight excluding hydrogens is 417 g/mol. The summed E-state index contributed by atoms with van der Waals surface area (Å²) in [6.07, 6.45) is -2.95. The number of aliphatic hydroxyl groups is 1. The quantitative estimate of drug-likeness (QED) is 0.629. The summed E-state index contributed by atoms with van der Waals surface area (Å²) >= 11 is 6.10. The number of benzene rings is 2. The number of β-amino-alcohol motifs (C(OH)–C–C–N with tert-alkyl or cyclic N) is 1. The van der Waals surface area contributed by atoms with Crippen molar-refractivity contribution in [3.05, 3.63) is 76.9 Å². The Labute approximate surface area is 176 Å². The van der Waals surface area contributed by atoms with Gasteiger partial charge in [0.1, 0.15) is 0 Å². The minimum Gasteiger partial charge on any atom is -0.391 e. The van der Waals surface area contributed by atoms with Gasteiger partial charge in [0.2, 0.25) is 0 Å². The van der Waals surface area contributed by atoms with E-state index in [1.807, 2.05) is 0 Å². The maximum atomic E-state index is 13.2. The largest absolute Gasteiger partial charge is 0.416 e. The van der Waals surface area contributed by atoms with Crippen molar-refractivity contribution in [2.75, 3.05) is 13.1 Å². The molecule has 0 saturated carbocycles. The molecule has 0 spiro atoms. The second-order valence-electron chi connectivity index (χ2n) is 7.24. The van der Waals surface area contributed by atoms with E-state index >= 15 is 0 Å². The van der Waals surface area contributed by atoms with Gasteiger partial charge in [-0.25, -0.2) is 0 Å². The summed E-state index contributed by atoms with van der Waals surface area (Å²) < 4.78 is 41.3. The molecule has 0 bridgehead atoms. The first-order valence-corrected chi connectivity index (χ1v) is 9.73. The number of hydrogen-bond acceptors (Lipinski definition) is 2. The highest BCUT2D eigenvalue weighted by Crippen LogP contribution is 2.34. The number of carbonyl (C=O) groups excluding carboxylic acids is 1. The lowest BCUT2D eigenvalue weighted by Gasteiger charge is -2.14. The number of alkyl halides is 3. The number of aliphatic hydroxyl groups excluding tert-OH is 1. The smallest absolute Gasteiger partial charge is 0.391 e. The van der Waals surface area contributed by atoms with Crippen LogP contribution in [0.2, 0.25) is 5.02 Å². The third-order valence-electron chi connectivity index (χ3n) is 5.09. The number of halogens is 4. The van der Waals surface area contributed by atoms with Crippen molar-refractivity contribution in [1.82, 2.24) is 9.47 Å². The highest BCUT2D eigenvalue weighted by Gasteiger charge is 2.31. The predicted molar refractivity (Wildman–Crippen MR) is 108 cm³/mol. The Morgan fingerprint density at radius 2 is 1.87 bits per heavy atom. The molecule has 1 atom stereocenters. The van der Waals surface area contributed by atoms with Crippen LogP contribution in [-0.4, -0.2) is 39.7 Å². The Morgan fingerprint density at radius 3 is 2.53 bits per heavy atom. The SMILES string of the molecule is O=C(c1cc(-c2cccc(C(F)(F)F)c2)n(-c2cccc(Cl)c2)c1)N1CCC(O)C1. The van der Waals surface area contributed by atoms with E-state index in [0.717, 1.165) is 12.1 Å². The molecule has 4 nitrogen and oxygen atoms in total. The Kier molecular flexibility index (Phi) is 5.34. The van der Waals surface area contributed by atoms with Gasteiger partial charge in [-0.05, 0) is 48.4 Å². The molecule has 1 aliphatic heterocycles. The molecule has 0 aliphatic carbocycles. The zero-order valence-electron chi connectivity index (χ0n) is 15.7. The summed E-state index contributed by atoms with van der Waals surface area (Å²) in [7, 11) is 0. The molecule has 1 amide bonds. The predicted octanol–water partition coefficient (Wildman–Crippen LogP) is 5.02. The van der Waals surface area contributed by atoms with Crippen molar-refractivity contribution in [1.29, 1.82) is 0 Å². The van der Waals surface area contributed by atoms with E-state index in [1.165, 1.54) is 11.0 Å². The van der Waals surface area contributed by atoms with Crippen LogP contribution in [0.5, 0.6) is 0 Å². The van der Waals surface area contributed by atoms with Crippen LogP contribution in [0.15, 0.2) is 60.8 Å². The van der Waals surface area contributed by atoms with E-state index in [4.69, 9.17) is 11.6 Å². The van der Waals surface area contributed by atoms with Gasteiger partial charge >= 0.3 is 6.18 Å². The Morgan fingerprint density at radius 1 is 1.10 bits per heavy atom. The summed E-state index contributed by atoms with van der Waals surface area (Å²) in [5, 5.41) is 10.2. The van der Waals surface area contributed by atoms with Crippen molar-refractivity contribution < 1.29 is 23.1 Å². The molecule has 2 aromatic carbocycles. The number of aromatic nitrogens is 1. The summed E-state index contributed by atoms with van der Waals surface area (Å²) in [5.74, 6) is -0.277. The molecule has 3 aromatic rings. The van der Waals surface area contributed by atoms with Crippen LogP contribution in [0.1, 0.15) is 22.3 Å². The fraction of sp³-hybridized carbons (Fsp3) is 0.227. The lowest BCUT2D eigenvalue weighted by atomic mass is 10.1. The van der Waals surface area contributed by atoms with Crippen LogP contribution in [0.4, 0.5) is 13.2 Å². The van der Waals surface area contributed by atoms with Crippen LogP contribution >= 0.6 is 11.6 Å². The van der Waals surface area contributed by atoms with Gasteiger partial charge in [0.25, 0.3) is 5.91 Å². The molecule has 1 N–H and O–H groups in total. The molecule has 2 heterocycles. The monoisotopic (exact) mass is 434 g/mol. The zero-order valence-corrected chi connectivity index (χ0v) is 16.5. The molecule has 1 fully saturated rings. The number of likely N-dealkylation sites (tertiary alicyclic amines) is 1. The van der Waals surface area contributed by atoms with Gasteiger partial charge < -0.3 is 14.6 Å².